The molecule has 0 N–H and O–H groups in total. The zero-order valence-corrected chi connectivity index (χ0v) is 14.4. The fraction of sp³-hybridized carbons (Fsp3) is 0.438. The molecule has 1 aliphatic rings. The normalized spacial score (nSPS) is 14.7. The van der Waals surface area contributed by atoms with E-state index in [2.05, 4.69) is 41.7 Å². The van der Waals surface area contributed by atoms with Crippen molar-refractivity contribution in [3.8, 4) is 5.75 Å². The van der Waals surface area contributed by atoms with E-state index in [0.29, 0.717) is 22.6 Å². The molecule has 0 radical (unpaired) electrons. The van der Waals surface area contributed by atoms with Crippen molar-refractivity contribution in [2.45, 2.75) is 32.6 Å². The van der Waals surface area contributed by atoms with Gasteiger partial charge in [0, 0.05) is 18.0 Å². The number of ether oxygens (including phenoxy) is 1. The summed E-state index contributed by atoms with van der Waals surface area (Å²) < 4.78 is 20.4. The lowest BCUT2D eigenvalue weighted by Crippen LogP contribution is -2.23. The summed E-state index contributed by atoms with van der Waals surface area (Å²) in [6.45, 7) is 6.78. The predicted octanol–water partition coefficient (Wildman–Crippen LogP) is 4.65. The minimum atomic E-state index is -0.329. The Labute approximate surface area is 133 Å². The Kier molecular flexibility index (Phi) is 4.71. The van der Waals surface area contributed by atoms with Crippen LogP contribution in [-0.4, -0.2) is 20.0 Å². The highest BCUT2D eigenvalue weighted by Gasteiger charge is 2.28. The first-order chi connectivity index (χ1) is 9.92. The summed E-state index contributed by atoms with van der Waals surface area (Å²) in [5.41, 5.74) is 1.38. The summed E-state index contributed by atoms with van der Waals surface area (Å²) in [6.07, 6.45) is 6.26. The van der Waals surface area contributed by atoms with Gasteiger partial charge in [0.1, 0.15) is 12.4 Å². The number of benzene rings is 1. The van der Waals surface area contributed by atoms with Gasteiger partial charge in [0.25, 0.3) is 0 Å². The van der Waals surface area contributed by atoms with Crippen LogP contribution in [0.2, 0.25) is 0 Å². The van der Waals surface area contributed by atoms with Gasteiger partial charge >= 0.3 is 0 Å². The van der Waals surface area contributed by atoms with Gasteiger partial charge < -0.3 is 9.64 Å². The molecule has 1 aromatic carbocycles. The van der Waals surface area contributed by atoms with Crippen LogP contribution in [0, 0.1) is 5.82 Å². The number of rotatable bonds is 4. The van der Waals surface area contributed by atoms with Crippen LogP contribution >= 0.6 is 15.9 Å². The number of allylic oxidation sites excluding steroid dienone is 1. The number of aliphatic imine (C=N–C) groups is 1. The van der Waals surface area contributed by atoms with Crippen molar-refractivity contribution >= 4 is 27.8 Å². The molecule has 0 saturated carbocycles. The van der Waals surface area contributed by atoms with Gasteiger partial charge in [0.15, 0.2) is 5.82 Å². The molecule has 0 amide bonds. The summed E-state index contributed by atoms with van der Waals surface area (Å²) in [5, 5.41) is 0. The Morgan fingerprint density at radius 3 is 2.71 bits per heavy atom. The number of hydrogen-bond donors (Lipinski definition) is 0. The van der Waals surface area contributed by atoms with Gasteiger partial charge in [0.05, 0.1) is 17.3 Å². The van der Waals surface area contributed by atoms with Crippen LogP contribution < -0.4 is 9.64 Å². The molecule has 0 fully saturated rings. The van der Waals surface area contributed by atoms with Crippen LogP contribution in [0.15, 0.2) is 27.8 Å². The first-order valence-corrected chi connectivity index (χ1v) is 7.71. The van der Waals surface area contributed by atoms with E-state index in [4.69, 9.17) is 4.74 Å². The number of halogens is 2. The fourth-order valence-electron chi connectivity index (χ4n) is 2.24. The largest absolute Gasteiger partial charge is 0.495 e. The zero-order valence-electron chi connectivity index (χ0n) is 12.8. The van der Waals surface area contributed by atoms with Crippen LogP contribution in [0.25, 0.3) is 0 Å². The molecular weight excluding hydrogens is 335 g/mol. The molecular formula is C16H20BrFN2O. The number of anilines is 1. The first kappa shape index (κ1) is 16.0. The summed E-state index contributed by atoms with van der Waals surface area (Å²) >= 11 is 3.34. The van der Waals surface area contributed by atoms with E-state index in [1.807, 2.05) is 12.3 Å². The highest BCUT2D eigenvalue weighted by molar-refractivity contribution is 9.10. The molecule has 0 saturated heterocycles. The number of hydrogen-bond acceptors (Lipinski definition) is 3. The predicted molar refractivity (Wildman–Crippen MR) is 88.9 cm³/mol. The van der Waals surface area contributed by atoms with E-state index < -0.39 is 0 Å². The van der Waals surface area contributed by atoms with Gasteiger partial charge in [-0.1, -0.05) is 20.8 Å². The van der Waals surface area contributed by atoms with Crippen molar-refractivity contribution in [3.05, 3.63) is 34.2 Å². The third-order valence-electron chi connectivity index (χ3n) is 3.96. The van der Waals surface area contributed by atoms with Gasteiger partial charge in [-0.25, -0.2) is 4.39 Å². The second kappa shape index (κ2) is 6.18. The van der Waals surface area contributed by atoms with Crippen molar-refractivity contribution in [2.24, 2.45) is 4.99 Å². The highest BCUT2D eigenvalue weighted by Crippen LogP contribution is 2.44. The molecule has 1 aliphatic heterocycles. The molecule has 21 heavy (non-hydrogen) atoms. The van der Waals surface area contributed by atoms with E-state index >= 15 is 0 Å². The van der Waals surface area contributed by atoms with E-state index in [9.17, 15) is 4.39 Å². The van der Waals surface area contributed by atoms with Crippen molar-refractivity contribution in [1.29, 1.82) is 0 Å². The Morgan fingerprint density at radius 2 is 2.19 bits per heavy atom. The summed E-state index contributed by atoms with van der Waals surface area (Å²) in [4.78, 5) is 5.95. The van der Waals surface area contributed by atoms with Gasteiger partial charge in [-0.05, 0) is 39.9 Å². The summed E-state index contributed by atoms with van der Waals surface area (Å²) in [6, 6.07) is 1.87. The molecule has 5 heteroatoms. The highest BCUT2D eigenvalue weighted by atomic mass is 79.9. The molecule has 0 atom stereocenters. The topological polar surface area (TPSA) is 24.8 Å². The lowest BCUT2D eigenvalue weighted by atomic mass is 9.81. The minimum absolute atomic E-state index is 0.112. The molecule has 0 unspecified atom stereocenters. The van der Waals surface area contributed by atoms with Crippen LogP contribution in [0.4, 0.5) is 10.1 Å². The molecule has 0 bridgehead atoms. The van der Waals surface area contributed by atoms with Crippen molar-refractivity contribution in [2.75, 3.05) is 18.7 Å². The maximum Gasteiger partial charge on any atom is 0.164 e. The SMILES string of the molecule is CCC(C)(C)c1cc(N2C=CC=NC2)c(F)c(Br)c1OC. The molecule has 0 aromatic heterocycles. The maximum absolute atomic E-state index is 14.7. The quantitative estimate of drug-likeness (QED) is 0.786. The van der Waals surface area contributed by atoms with Crippen LogP contribution in [0.1, 0.15) is 32.8 Å². The smallest absolute Gasteiger partial charge is 0.164 e. The third kappa shape index (κ3) is 2.98. The second-order valence-electron chi connectivity index (χ2n) is 5.63. The van der Waals surface area contributed by atoms with Crippen molar-refractivity contribution in [1.82, 2.24) is 0 Å². The summed E-state index contributed by atoms with van der Waals surface area (Å²) in [7, 11) is 1.57. The van der Waals surface area contributed by atoms with Crippen molar-refractivity contribution in [3.63, 3.8) is 0 Å². The van der Waals surface area contributed by atoms with Gasteiger partial charge in [-0.15, -0.1) is 0 Å². The van der Waals surface area contributed by atoms with Gasteiger partial charge in [-0.2, -0.15) is 0 Å². The average Bonchev–Trinajstić information content (AvgIpc) is 2.50. The number of methoxy groups -OCH3 is 1. The first-order valence-electron chi connectivity index (χ1n) is 6.92. The Bertz CT molecular complexity index is 596. The molecule has 3 nitrogen and oxygen atoms in total. The standard InChI is InChI=1S/C16H20BrFN2O/c1-5-16(2,3)11-9-12(20-8-6-7-19-10-20)14(18)13(17)15(11)21-4/h6-9H,5,10H2,1-4H3. The fourth-order valence-corrected chi connectivity index (χ4v) is 2.82. The monoisotopic (exact) mass is 354 g/mol. The van der Waals surface area contributed by atoms with Crippen LogP contribution in [-0.2, 0) is 5.41 Å². The molecule has 2 rings (SSSR count). The molecule has 114 valence electrons. The maximum atomic E-state index is 14.7. The third-order valence-corrected chi connectivity index (χ3v) is 4.67. The lowest BCUT2D eigenvalue weighted by molar-refractivity contribution is 0.382. The Morgan fingerprint density at radius 1 is 1.48 bits per heavy atom. The molecule has 1 heterocycles. The van der Waals surface area contributed by atoms with E-state index in [1.165, 1.54) is 0 Å². The molecule has 0 aliphatic carbocycles. The summed E-state index contributed by atoms with van der Waals surface area (Å²) in [5.74, 6) is 0.233. The average molecular weight is 355 g/mol. The van der Waals surface area contributed by atoms with Crippen molar-refractivity contribution < 1.29 is 9.13 Å². The van der Waals surface area contributed by atoms with Crippen LogP contribution in [0.5, 0.6) is 5.75 Å². The van der Waals surface area contributed by atoms with Crippen LogP contribution in [0.3, 0.4) is 0 Å². The van der Waals surface area contributed by atoms with E-state index in [0.717, 1.165) is 12.0 Å². The van der Waals surface area contributed by atoms with E-state index in [1.54, 1.807) is 24.3 Å². The molecule has 1 aromatic rings. The minimum Gasteiger partial charge on any atom is -0.495 e. The second-order valence-corrected chi connectivity index (χ2v) is 6.42. The molecule has 0 spiro atoms. The lowest BCUT2D eigenvalue weighted by Gasteiger charge is -2.29. The van der Waals surface area contributed by atoms with Gasteiger partial charge in [-0.3, -0.25) is 4.99 Å². The Balaban J connectivity index is 2.62. The number of nitrogens with zero attached hydrogens (tertiary/aromatic N) is 2. The van der Waals surface area contributed by atoms with E-state index in [-0.39, 0.29) is 11.2 Å². The Hall–Kier alpha value is -1.36. The van der Waals surface area contributed by atoms with Gasteiger partial charge in [0.2, 0.25) is 0 Å². The zero-order chi connectivity index (χ0) is 15.6.